The molecule has 4 rings (SSSR count). The van der Waals surface area contributed by atoms with Gasteiger partial charge in [0.15, 0.2) is 10.1 Å². The van der Waals surface area contributed by atoms with Gasteiger partial charge in [0, 0.05) is 18.1 Å². The van der Waals surface area contributed by atoms with Crippen molar-refractivity contribution in [3.8, 4) is 10.1 Å². The van der Waals surface area contributed by atoms with Crippen molar-refractivity contribution in [2.75, 3.05) is 0 Å². The number of ether oxygens (including phenoxy) is 1. The molecule has 2 bridgehead atoms. The van der Waals surface area contributed by atoms with Crippen molar-refractivity contribution in [1.82, 2.24) is 10.6 Å². The SMILES string of the molecule is O=C(NC1CC2CCC1N2)c1ccc(Oc2ccc(Cl)s2)s1. The first-order chi connectivity index (χ1) is 10.7. The van der Waals surface area contributed by atoms with E-state index in [9.17, 15) is 4.79 Å². The molecular formula is C15H15ClN2O2S2. The first kappa shape index (κ1) is 14.5. The highest BCUT2D eigenvalue weighted by Gasteiger charge is 2.39. The molecule has 22 heavy (non-hydrogen) atoms. The molecule has 4 heterocycles. The molecule has 2 aliphatic rings. The van der Waals surface area contributed by atoms with Gasteiger partial charge < -0.3 is 15.4 Å². The summed E-state index contributed by atoms with van der Waals surface area (Å²) >= 11 is 8.61. The second-order valence-electron chi connectivity index (χ2n) is 5.64. The van der Waals surface area contributed by atoms with Crippen LogP contribution in [0.2, 0.25) is 4.34 Å². The Bertz CT molecular complexity index is 699. The van der Waals surface area contributed by atoms with E-state index in [1.807, 2.05) is 18.2 Å². The number of thiophene rings is 2. The number of carbonyl (C=O) groups is 1. The molecule has 2 fully saturated rings. The van der Waals surface area contributed by atoms with Gasteiger partial charge in [-0.05, 0) is 43.5 Å². The molecule has 0 saturated carbocycles. The molecule has 0 aliphatic carbocycles. The predicted molar refractivity (Wildman–Crippen MR) is 89.5 cm³/mol. The molecule has 0 spiro atoms. The fraction of sp³-hybridized carbons (Fsp3) is 0.400. The van der Waals surface area contributed by atoms with Crippen LogP contribution in [0.1, 0.15) is 28.9 Å². The maximum Gasteiger partial charge on any atom is 0.261 e. The number of carbonyl (C=O) groups excluding carboxylic acids is 1. The van der Waals surface area contributed by atoms with Gasteiger partial charge in [-0.1, -0.05) is 34.3 Å². The Morgan fingerprint density at radius 2 is 2.05 bits per heavy atom. The minimum atomic E-state index is -0.0107. The van der Waals surface area contributed by atoms with Gasteiger partial charge in [0.05, 0.1) is 9.21 Å². The van der Waals surface area contributed by atoms with Crippen LogP contribution in [0.3, 0.4) is 0 Å². The van der Waals surface area contributed by atoms with Gasteiger partial charge in [-0.25, -0.2) is 0 Å². The van der Waals surface area contributed by atoms with Crippen LogP contribution in [0.25, 0.3) is 0 Å². The summed E-state index contributed by atoms with van der Waals surface area (Å²) in [5, 5.41) is 8.11. The van der Waals surface area contributed by atoms with Crippen molar-refractivity contribution in [2.45, 2.75) is 37.4 Å². The second kappa shape index (κ2) is 5.85. The van der Waals surface area contributed by atoms with Crippen molar-refractivity contribution in [2.24, 2.45) is 0 Å². The van der Waals surface area contributed by atoms with Crippen LogP contribution >= 0.6 is 34.3 Å². The molecule has 4 nitrogen and oxygen atoms in total. The highest BCUT2D eigenvalue weighted by Crippen LogP contribution is 2.35. The Balaban J connectivity index is 1.39. The summed E-state index contributed by atoms with van der Waals surface area (Å²) in [6.45, 7) is 0. The number of halogens is 1. The highest BCUT2D eigenvalue weighted by atomic mass is 35.5. The Hall–Kier alpha value is -1.08. The molecule has 2 aromatic heterocycles. The molecule has 0 radical (unpaired) electrons. The van der Waals surface area contributed by atoms with Crippen molar-refractivity contribution < 1.29 is 9.53 Å². The lowest BCUT2D eigenvalue weighted by Crippen LogP contribution is -2.42. The van der Waals surface area contributed by atoms with Crippen molar-refractivity contribution in [1.29, 1.82) is 0 Å². The zero-order valence-electron chi connectivity index (χ0n) is 11.7. The quantitative estimate of drug-likeness (QED) is 0.876. The number of nitrogens with one attached hydrogen (secondary N) is 2. The van der Waals surface area contributed by atoms with Gasteiger partial charge in [0.2, 0.25) is 0 Å². The molecular weight excluding hydrogens is 340 g/mol. The lowest BCUT2D eigenvalue weighted by molar-refractivity contribution is 0.0935. The van der Waals surface area contributed by atoms with E-state index in [2.05, 4.69) is 10.6 Å². The third-order valence-corrected chi connectivity index (χ3v) is 6.24. The van der Waals surface area contributed by atoms with E-state index in [0.717, 1.165) is 17.9 Å². The summed E-state index contributed by atoms with van der Waals surface area (Å²) in [5.74, 6) is -0.0107. The minimum absolute atomic E-state index is 0.0107. The fourth-order valence-electron chi connectivity index (χ4n) is 3.17. The zero-order valence-corrected chi connectivity index (χ0v) is 14.1. The van der Waals surface area contributed by atoms with E-state index in [0.29, 0.717) is 26.4 Å². The first-order valence-electron chi connectivity index (χ1n) is 7.27. The predicted octanol–water partition coefficient (Wildman–Crippen LogP) is 3.88. The van der Waals surface area contributed by atoms with Crippen LogP contribution in [0, 0.1) is 0 Å². The van der Waals surface area contributed by atoms with E-state index >= 15 is 0 Å². The van der Waals surface area contributed by atoms with Gasteiger partial charge in [-0.15, -0.1) is 0 Å². The normalized spacial score (nSPS) is 26.3. The van der Waals surface area contributed by atoms with Crippen LogP contribution in [-0.4, -0.2) is 24.0 Å². The van der Waals surface area contributed by atoms with Crippen LogP contribution in [0.4, 0.5) is 0 Å². The monoisotopic (exact) mass is 354 g/mol. The molecule has 2 N–H and O–H groups in total. The number of hydrogen-bond acceptors (Lipinski definition) is 5. The van der Waals surface area contributed by atoms with Crippen LogP contribution < -0.4 is 15.4 Å². The van der Waals surface area contributed by atoms with Crippen molar-refractivity contribution >= 4 is 40.2 Å². The van der Waals surface area contributed by atoms with Gasteiger partial charge in [0.25, 0.3) is 5.91 Å². The third-order valence-electron chi connectivity index (χ3n) is 4.17. The van der Waals surface area contributed by atoms with Crippen molar-refractivity contribution in [3.63, 3.8) is 0 Å². The molecule has 3 atom stereocenters. The summed E-state index contributed by atoms with van der Waals surface area (Å²) in [6.07, 6.45) is 3.43. The summed E-state index contributed by atoms with van der Waals surface area (Å²) in [4.78, 5) is 13.0. The van der Waals surface area contributed by atoms with Crippen LogP contribution in [-0.2, 0) is 0 Å². The standard InChI is InChI=1S/C15H15ClN2O2S2/c16-12-4-6-14(22-12)20-13-5-3-11(21-13)15(19)18-10-7-8-1-2-9(10)17-8/h3-6,8-10,17H,1-2,7H2,(H,18,19). The molecule has 2 aliphatic heterocycles. The summed E-state index contributed by atoms with van der Waals surface area (Å²) in [5.41, 5.74) is 0. The Labute approximate surface area is 141 Å². The molecule has 2 saturated heterocycles. The van der Waals surface area contributed by atoms with E-state index < -0.39 is 0 Å². The summed E-state index contributed by atoms with van der Waals surface area (Å²) < 4.78 is 6.40. The average molecular weight is 355 g/mol. The maximum absolute atomic E-state index is 12.3. The Morgan fingerprint density at radius 3 is 2.73 bits per heavy atom. The van der Waals surface area contributed by atoms with E-state index in [1.165, 1.54) is 29.1 Å². The molecule has 2 aromatic rings. The second-order valence-corrected chi connectivity index (χ2v) is 8.37. The van der Waals surface area contributed by atoms with E-state index in [1.54, 1.807) is 6.07 Å². The molecule has 7 heteroatoms. The largest absolute Gasteiger partial charge is 0.436 e. The summed E-state index contributed by atoms with van der Waals surface area (Å²) in [6, 6.07) is 8.54. The molecule has 116 valence electrons. The third kappa shape index (κ3) is 2.88. The number of fused-ring (bicyclic) bond motifs is 2. The lowest BCUT2D eigenvalue weighted by Gasteiger charge is -2.20. The maximum atomic E-state index is 12.3. The van der Waals surface area contributed by atoms with Gasteiger partial charge in [-0.3, -0.25) is 4.79 Å². The number of rotatable bonds is 4. The number of hydrogen-bond donors (Lipinski definition) is 2. The Kier molecular flexibility index (Phi) is 3.86. The van der Waals surface area contributed by atoms with Gasteiger partial charge in [-0.2, -0.15) is 0 Å². The summed E-state index contributed by atoms with van der Waals surface area (Å²) in [7, 11) is 0. The molecule has 3 unspecified atom stereocenters. The molecule has 1 amide bonds. The zero-order chi connectivity index (χ0) is 15.1. The van der Waals surface area contributed by atoms with Crippen LogP contribution in [0.5, 0.6) is 10.1 Å². The van der Waals surface area contributed by atoms with Gasteiger partial charge >= 0.3 is 0 Å². The topological polar surface area (TPSA) is 50.4 Å². The smallest absolute Gasteiger partial charge is 0.261 e. The van der Waals surface area contributed by atoms with Crippen LogP contribution in [0.15, 0.2) is 24.3 Å². The number of amides is 1. The fourth-order valence-corrected chi connectivity index (χ4v) is 4.88. The average Bonchev–Trinajstić information content (AvgIpc) is 3.24. The molecule has 0 aromatic carbocycles. The van der Waals surface area contributed by atoms with Crippen molar-refractivity contribution in [3.05, 3.63) is 33.5 Å². The Morgan fingerprint density at radius 1 is 1.23 bits per heavy atom. The highest BCUT2D eigenvalue weighted by molar-refractivity contribution is 7.18. The minimum Gasteiger partial charge on any atom is -0.436 e. The first-order valence-corrected chi connectivity index (χ1v) is 9.28. The van der Waals surface area contributed by atoms with E-state index in [-0.39, 0.29) is 11.9 Å². The van der Waals surface area contributed by atoms with E-state index in [4.69, 9.17) is 16.3 Å². The lowest BCUT2D eigenvalue weighted by atomic mass is 9.95. The van der Waals surface area contributed by atoms with Gasteiger partial charge in [0.1, 0.15) is 0 Å².